The number of aromatic nitrogens is 2. The van der Waals surface area contributed by atoms with Gasteiger partial charge in [-0.15, -0.1) is 0 Å². The highest BCUT2D eigenvalue weighted by molar-refractivity contribution is 5.34. The third-order valence-electron chi connectivity index (χ3n) is 3.05. The molecule has 0 atom stereocenters. The van der Waals surface area contributed by atoms with Crippen LogP contribution in [0.25, 0.3) is 0 Å². The first-order chi connectivity index (χ1) is 9.58. The van der Waals surface area contributed by atoms with Crippen molar-refractivity contribution in [2.75, 3.05) is 12.4 Å². The first-order valence-electron chi connectivity index (χ1n) is 6.81. The first kappa shape index (κ1) is 14.3. The molecule has 106 valence electrons. The number of nitrogens with one attached hydrogen (secondary N) is 1. The molecule has 0 unspecified atom stereocenters. The van der Waals surface area contributed by atoms with E-state index in [1.54, 1.807) is 7.11 Å². The van der Waals surface area contributed by atoms with Gasteiger partial charge in [-0.3, -0.25) is 0 Å². The molecule has 1 aromatic heterocycles. The Morgan fingerprint density at radius 2 is 2.00 bits per heavy atom. The summed E-state index contributed by atoms with van der Waals surface area (Å²) in [6, 6.07) is 10.00. The summed E-state index contributed by atoms with van der Waals surface area (Å²) >= 11 is 0. The Morgan fingerprint density at radius 3 is 2.70 bits per heavy atom. The number of aryl methyl sites for hydroxylation is 1. The van der Waals surface area contributed by atoms with Crippen LogP contribution in [-0.4, -0.2) is 17.1 Å². The fourth-order valence-electron chi connectivity index (χ4n) is 1.93. The first-order valence-corrected chi connectivity index (χ1v) is 6.81. The van der Waals surface area contributed by atoms with Crippen molar-refractivity contribution in [3.63, 3.8) is 0 Å². The number of benzene rings is 1. The van der Waals surface area contributed by atoms with Crippen LogP contribution in [-0.2, 0) is 6.54 Å². The standard InChI is InChI=1S/C16H21N3O/c1-11(2)15-8-12(3)18-16(19-15)17-10-13-6-5-7-14(9-13)20-4/h5-9,11H,10H2,1-4H3,(H,17,18,19). The SMILES string of the molecule is COc1cccc(CNc2nc(C)cc(C(C)C)n2)c1. The van der Waals surface area contributed by atoms with Crippen molar-refractivity contribution in [2.24, 2.45) is 0 Å². The predicted octanol–water partition coefficient (Wildman–Crippen LogP) is 3.53. The maximum absolute atomic E-state index is 5.22. The van der Waals surface area contributed by atoms with Gasteiger partial charge >= 0.3 is 0 Å². The fraction of sp³-hybridized carbons (Fsp3) is 0.375. The predicted molar refractivity (Wildman–Crippen MR) is 81.2 cm³/mol. The molecule has 2 aromatic rings. The molecule has 0 saturated carbocycles. The molecule has 20 heavy (non-hydrogen) atoms. The summed E-state index contributed by atoms with van der Waals surface area (Å²) in [6.45, 7) is 6.93. The molecule has 0 saturated heterocycles. The number of hydrogen-bond acceptors (Lipinski definition) is 4. The summed E-state index contributed by atoms with van der Waals surface area (Å²) in [5.74, 6) is 1.93. The number of rotatable bonds is 5. The maximum atomic E-state index is 5.22. The van der Waals surface area contributed by atoms with Crippen LogP contribution in [0.2, 0.25) is 0 Å². The Morgan fingerprint density at radius 1 is 1.20 bits per heavy atom. The Bertz CT molecular complexity index is 582. The number of methoxy groups -OCH3 is 1. The Balaban J connectivity index is 2.10. The highest BCUT2D eigenvalue weighted by Gasteiger charge is 2.05. The molecule has 0 aliphatic carbocycles. The molecule has 0 aliphatic rings. The van der Waals surface area contributed by atoms with Crippen LogP contribution >= 0.6 is 0 Å². The molecule has 1 N–H and O–H groups in total. The normalized spacial score (nSPS) is 10.7. The summed E-state index contributed by atoms with van der Waals surface area (Å²) in [7, 11) is 1.67. The molecule has 1 heterocycles. The quantitative estimate of drug-likeness (QED) is 0.903. The summed E-state index contributed by atoms with van der Waals surface area (Å²) < 4.78 is 5.22. The lowest BCUT2D eigenvalue weighted by Crippen LogP contribution is -2.07. The molecule has 0 radical (unpaired) electrons. The minimum absolute atomic E-state index is 0.397. The van der Waals surface area contributed by atoms with Crippen LogP contribution in [0.4, 0.5) is 5.95 Å². The minimum atomic E-state index is 0.397. The summed E-state index contributed by atoms with van der Waals surface area (Å²) in [5.41, 5.74) is 3.18. The summed E-state index contributed by atoms with van der Waals surface area (Å²) in [5, 5.41) is 3.27. The number of ether oxygens (including phenoxy) is 1. The lowest BCUT2D eigenvalue weighted by Gasteiger charge is -2.10. The van der Waals surface area contributed by atoms with E-state index in [9.17, 15) is 0 Å². The second kappa shape index (κ2) is 6.37. The van der Waals surface area contributed by atoms with Gasteiger partial charge in [0.15, 0.2) is 0 Å². The van der Waals surface area contributed by atoms with E-state index in [1.807, 2.05) is 31.2 Å². The third kappa shape index (κ3) is 3.70. The monoisotopic (exact) mass is 271 g/mol. The molecule has 0 aliphatic heterocycles. The smallest absolute Gasteiger partial charge is 0.223 e. The molecule has 4 heteroatoms. The van der Waals surface area contributed by atoms with Gasteiger partial charge in [-0.25, -0.2) is 9.97 Å². The molecule has 4 nitrogen and oxygen atoms in total. The lowest BCUT2D eigenvalue weighted by atomic mass is 10.1. The molecular formula is C16H21N3O. The Kier molecular flexibility index (Phi) is 4.56. The number of nitrogens with zero attached hydrogens (tertiary/aromatic N) is 2. The summed E-state index contributed by atoms with van der Waals surface area (Å²) in [6.07, 6.45) is 0. The van der Waals surface area contributed by atoms with Gasteiger partial charge in [0.2, 0.25) is 5.95 Å². The van der Waals surface area contributed by atoms with E-state index in [0.717, 1.165) is 22.7 Å². The molecule has 0 bridgehead atoms. The zero-order valence-electron chi connectivity index (χ0n) is 12.5. The summed E-state index contributed by atoms with van der Waals surface area (Å²) in [4.78, 5) is 8.96. The van der Waals surface area contributed by atoms with Crippen molar-refractivity contribution in [1.29, 1.82) is 0 Å². The van der Waals surface area contributed by atoms with E-state index in [4.69, 9.17) is 4.74 Å². The van der Waals surface area contributed by atoms with Crippen LogP contribution < -0.4 is 10.1 Å². The zero-order chi connectivity index (χ0) is 14.5. The Hall–Kier alpha value is -2.10. The van der Waals surface area contributed by atoms with Crippen LogP contribution in [0.3, 0.4) is 0 Å². The fourth-order valence-corrected chi connectivity index (χ4v) is 1.93. The number of anilines is 1. The topological polar surface area (TPSA) is 47.0 Å². The van der Waals surface area contributed by atoms with Gasteiger partial charge in [-0.05, 0) is 36.6 Å². The maximum Gasteiger partial charge on any atom is 0.223 e. The van der Waals surface area contributed by atoms with E-state index in [0.29, 0.717) is 18.4 Å². The van der Waals surface area contributed by atoms with Crippen LogP contribution in [0.15, 0.2) is 30.3 Å². The van der Waals surface area contributed by atoms with E-state index in [-0.39, 0.29) is 0 Å². The van der Waals surface area contributed by atoms with E-state index >= 15 is 0 Å². The second-order valence-corrected chi connectivity index (χ2v) is 5.12. The average molecular weight is 271 g/mol. The second-order valence-electron chi connectivity index (χ2n) is 5.12. The van der Waals surface area contributed by atoms with Gasteiger partial charge < -0.3 is 10.1 Å². The van der Waals surface area contributed by atoms with Crippen molar-refractivity contribution in [2.45, 2.75) is 33.2 Å². The van der Waals surface area contributed by atoms with Crippen LogP contribution in [0, 0.1) is 6.92 Å². The van der Waals surface area contributed by atoms with Crippen LogP contribution in [0.5, 0.6) is 5.75 Å². The van der Waals surface area contributed by atoms with Gasteiger partial charge in [0.05, 0.1) is 7.11 Å². The molecule has 0 amide bonds. The molecule has 0 fully saturated rings. The molecule has 0 spiro atoms. The van der Waals surface area contributed by atoms with Crippen molar-refractivity contribution >= 4 is 5.95 Å². The van der Waals surface area contributed by atoms with E-state index < -0.39 is 0 Å². The molecular weight excluding hydrogens is 250 g/mol. The van der Waals surface area contributed by atoms with E-state index in [2.05, 4.69) is 35.2 Å². The van der Waals surface area contributed by atoms with Crippen molar-refractivity contribution in [1.82, 2.24) is 9.97 Å². The van der Waals surface area contributed by atoms with Crippen molar-refractivity contribution in [3.05, 3.63) is 47.3 Å². The van der Waals surface area contributed by atoms with Gasteiger partial charge in [0.25, 0.3) is 0 Å². The van der Waals surface area contributed by atoms with Crippen molar-refractivity contribution in [3.8, 4) is 5.75 Å². The van der Waals surface area contributed by atoms with E-state index in [1.165, 1.54) is 0 Å². The largest absolute Gasteiger partial charge is 0.497 e. The lowest BCUT2D eigenvalue weighted by molar-refractivity contribution is 0.414. The molecule has 1 aromatic carbocycles. The van der Waals surface area contributed by atoms with Gasteiger partial charge in [0.1, 0.15) is 5.75 Å². The average Bonchev–Trinajstić information content (AvgIpc) is 2.44. The van der Waals surface area contributed by atoms with Crippen molar-refractivity contribution < 1.29 is 4.74 Å². The zero-order valence-corrected chi connectivity index (χ0v) is 12.5. The highest BCUT2D eigenvalue weighted by atomic mass is 16.5. The molecule has 2 rings (SSSR count). The minimum Gasteiger partial charge on any atom is -0.497 e. The Labute approximate surface area is 120 Å². The van der Waals surface area contributed by atoms with Gasteiger partial charge in [0, 0.05) is 17.9 Å². The third-order valence-corrected chi connectivity index (χ3v) is 3.05. The number of hydrogen-bond donors (Lipinski definition) is 1. The van der Waals surface area contributed by atoms with Gasteiger partial charge in [-0.2, -0.15) is 0 Å². The highest BCUT2D eigenvalue weighted by Crippen LogP contribution is 2.16. The van der Waals surface area contributed by atoms with Crippen LogP contribution in [0.1, 0.15) is 36.7 Å². The van der Waals surface area contributed by atoms with Gasteiger partial charge in [-0.1, -0.05) is 26.0 Å².